The van der Waals surface area contributed by atoms with Crippen molar-refractivity contribution in [2.75, 3.05) is 0 Å². The third-order valence-corrected chi connectivity index (χ3v) is 5.14. The third-order valence-electron chi connectivity index (χ3n) is 3.85. The van der Waals surface area contributed by atoms with Crippen LogP contribution < -0.4 is 0 Å². The number of hydrogen-bond donors (Lipinski definition) is 0. The van der Waals surface area contributed by atoms with Crippen LogP contribution in [0.1, 0.15) is 22.3 Å². The zero-order valence-electron chi connectivity index (χ0n) is 10.7. The van der Waals surface area contributed by atoms with Crippen LogP contribution in [0.3, 0.4) is 0 Å². The van der Waals surface area contributed by atoms with Gasteiger partial charge in [-0.15, -0.1) is 0 Å². The van der Waals surface area contributed by atoms with E-state index in [1.807, 2.05) is 0 Å². The average Bonchev–Trinajstić information content (AvgIpc) is 3.00. The second kappa shape index (κ2) is 4.36. The fourth-order valence-corrected chi connectivity index (χ4v) is 4.35. The van der Waals surface area contributed by atoms with Gasteiger partial charge in [0.2, 0.25) is 0 Å². The summed E-state index contributed by atoms with van der Waals surface area (Å²) in [5.74, 6) is 0. The molecule has 0 amide bonds. The van der Waals surface area contributed by atoms with Crippen LogP contribution in [0.15, 0.2) is 58.9 Å². The summed E-state index contributed by atoms with van der Waals surface area (Å²) >= 11 is 0. The molecule has 0 saturated heterocycles. The summed E-state index contributed by atoms with van der Waals surface area (Å²) in [4.78, 5) is 0. The molecule has 0 N–H and O–H groups in total. The molecule has 0 unspecified atom stereocenters. The quantitative estimate of drug-likeness (QED) is 0.717. The second-order valence-electron chi connectivity index (χ2n) is 5.22. The Kier molecular flexibility index (Phi) is 2.52. The molecule has 0 saturated carbocycles. The smallest absolute Gasteiger partial charge is 0.0748 e. The summed E-state index contributed by atoms with van der Waals surface area (Å²) in [7, 11) is 0.854. The predicted molar refractivity (Wildman–Crippen MR) is 82.0 cm³/mol. The van der Waals surface area contributed by atoms with Crippen LogP contribution >= 0.6 is 0 Å². The normalized spacial score (nSPS) is 15.8. The first kappa shape index (κ1) is 11.0. The first-order chi connectivity index (χ1) is 9.38. The first-order valence-electron chi connectivity index (χ1n) is 6.72. The van der Waals surface area contributed by atoms with Gasteiger partial charge in [0, 0.05) is 0 Å². The Morgan fingerprint density at radius 1 is 0.632 bits per heavy atom. The number of rotatable bonds is 2. The number of allylic oxidation sites excluding steroid dienone is 2. The van der Waals surface area contributed by atoms with Crippen molar-refractivity contribution in [2.45, 2.75) is 12.8 Å². The fraction of sp³-hybridized carbons (Fsp3) is 0.111. The van der Waals surface area contributed by atoms with Crippen molar-refractivity contribution in [3.05, 3.63) is 81.2 Å². The Morgan fingerprint density at radius 3 is 1.58 bits per heavy atom. The molecule has 4 rings (SSSR count). The maximum absolute atomic E-state index is 2.39. The van der Waals surface area contributed by atoms with E-state index in [-0.39, 0.29) is 0 Å². The minimum atomic E-state index is 0.854. The summed E-state index contributed by atoms with van der Waals surface area (Å²) in [5.41, 5.74) is 5.81. The number of benzene rings is 2. The minimum Gasteiger partial charge on any atom is -0.0748 e. The van der Waals surface area contributed by atoms with E-state index in [1.54, 1.807) is 10.4 Å². The van der Waals surface area contributed by atoms with Gasteiger partial charge in [-0.3, -0.25) is 0 Å². The van der Waals surface area contributed by atoms with Crippen LogP contribution in [-0.4, -0.2) is 9.52 Å². The van der Waals surface area contributed by atoms with Crippen LogP contribution in [0.25, 0.3) is 12.2 Å². The Bertz CT molecular complexity index is 646. The largest absolute Gasteiger partial charge is 0.111 e. The van der Waals surface area contributed by atoms with E-state index >= 15 is 0 Å². The van der Waals surface area contributed by atoms with Crippen molar-refractivity contribution >= 4 is 21.7 Å². The van der Waals surface area contributed by atoms with E-state index < -0.39 is 0 Å². The predicted octanol–water partition coefficient (Wildman–Crippen LogP) is 3.89. The Morgan fingerprint density at radius 2 is 1.11 bits per heavy atom. The zero-order valence-corrected chi connectivity index (χ0v) is 11.7. The highest BCUT2D eigenvalue weighted by Crippen LogP contribution is 2.29. The van der Waals surface area contributed by atoms with Crippen LogP contribution in [0, 0.1) is 0 Å². The van der Waals surface area contributed by atoms with Gasteiger partial charge in [0.1, 0.15) is 9.52 Å². The molecule has 2 aliphatic carbocycles. The van der Waals surface area contributed by atoms with Gasteiger partial charge in [0.15, 0.2) is 0 Å². The number of fused-ring (bicyclic) bond motifs is 2. The average molecular weight is 258 g/mol. The van der Waals surface area contributed by atoms with Gasteiger partial charge in [-0.25, -0.2) is 0 Å². The highest BCUT2D eigenvalue weighted by atomic mass is 28.2. The molecule has 0 aliphatic heterocycles. The molecule has 1 heteroatoms. The lowest BCUT2D eigenvalue weighted by Crippen LogP contribution is -2.01. The van der Waals surface area contributed by atoms with E-state index in [1.165, 1.54) is 22.3 Å². The molecule has 0 spiro atoms. The molecule has 2 aliphatic rings. The summed E-state index contributed by atoms with van der Waals surface area (Å²) < 4.78 is 0. The lowest BCUT2D eigenvalue weighted by molar-refractivity contribution is 1.26. The Labute approximate surface area is 116 Å². The molecule has 2 radical (unpaired) electrons. The van der Waals surface area contributed by atoms with Crippen LogP contribution in [0.5, 0.6) is 0 Å². The highest BCUT2D eigenvalue weighted by molar-refractivity contribution is 6.56. The van der Waals surface area contributed by atoms with Gasteiger partial charge in [-0.05, 0) is 35.1 Å². The van der Waals surface area contributed by atoms with E-state index in [4.69, 9.17) is 0 Å². The molecular formula is C18H14Si. The molecular weight excluding hydrogens is 244 g/mol. The van der Waals surface area contributed by atoms with Crippen molar-refractivity contribution in [1.82, 2.24) is 0 Å². The van der Waals surface area contributed by atoms with Crippen molar-refractivity contribution in [3.8, 4) is 0 Å². The van der Waals surface area contributed by atoms with E-state index in [0.717, 1.165) is 22.4 Å². The van der Waals surface area contributed by atoms with E-state index in [9.17, 15) is 0 Å². The van der Waals surface area contributed by atoms with Crippen LogP contribution in [0.4, 0.5) is 0 Å². The maximum Gasteiger partial charge on any atom is 0.111 e. The zero-order chi connectivity index (χ0) is 12.7. The molecule has 90 valence electrons. The van der Waals surface area contributed by atoms with Crippen molar-refractivity contribution in [1.29, 1.82) is 0 Å². The first-order valence-corrected chi connectivity index (χ1v) is 7.72. The molecule has 2 aromatic rings. The Hall–Kier alpha value is -1.86. The summed E-state index contributed by atoms with van der Waals surface area (Å²) in [6.07, 6.45) is 7.06. The molecule has 19 heavy (non-hydrogen) atoms. The van der Waals surface area contributed by atoms with Gasteiger partial charge < -0.3 is 0 Å². The van der Waals surface area contributed by atoms with Gasteiger partial charge in [-0.2, -0.15) is 0 Å². The molecule has 0 aromatic heterocycles. The van der Waals surface area contributed by atoms with Gasteiger partial charge >= 0.3 is 0 Å². The minimum absolute atomic E-state index is 0.854. The molecule has 0 bridgehead atoms. The topological polar surface area (TPSA) is 0 Å². The lowest BCUT2D eigenvalue weighted by Gasteiger charge is -2.01. The SMILES string of the molecule is C1=C([Si]C2=Cc3ccccc3C2)Cc2ccccc21. The molecule has 0 nitrogen and oxygen atoms in total. The molecule has 0 heterocycles. The van der Waals surface area contributed by atoms with E-state index in [0.29, 0.717) is 0 Å². The molecule has 0 atom stereocenters. The van der Waals surface area contributed by atoms with Gasteiger partial charge in [0.25, 0.3) is 0 Å². The molecule has 2 aromatic carbocycles. The van der Waals surface area contributed by atoms with Crippen molar-refractivity contribution in [2.24, 2.45) is 0 Å². The van der Waals surface area contributed by atoms with Crippen LogP contribution in [-0.2, 0) is 12.8 Å². The lowest BCUT2D eigenvalue weighted by atomic mass is 10.1. The molecule has 0 fully saturated rings. The van der Waals surface area contributed by atoms with E-state index in [2.05, 4.69) is 60.7 Å². The van der Waals surface area contributed by atoms with Gasteiger partial charge in [0.05, 0.1) is 0 Å². The standard InChI is InChI=1S/C18H14Si/c1-2-6-14-10-17(9-13(14)5-1)19-18-11-15-7-3-4-8-16(15)12-18/h1-9,11H,10,12H2. The maximum atomic E-state index is 2.39. The van der Waals surface area contributed by atoms with Crippen LogP contribution in [0.2, 0.25) is 0 Å². The number of hydrogen-bond acceptors (Lipinski definition) is 0. The van der Waals surface area contributed by atoms with Crippen molar-refractivity contribution in [3.63, 3.8) is 0 Å². The van der Waals surface area contributed by atoms with Crippen molar-refractivity contribution < 1.29 is 0 Å². The second-order valence-corrected chi connectivity index (χ2v) is 6.75. The fourth-order valence-electron chi connectivity index (χ4n) is 2.93. The Balaban J connectivity index is 1.54. The highest BCUT2D eigenvalue weighted by Gasteiger charge is 2.17. The summed E-state index contributed by atoms with van der Waals surface area (Å²) in [5, 5.41) is 3.17. The van der Waals surface area contributed by atoms with Gasteiger partial charge in [-0.1, -0.05) is 71.1 Å². The monoisotopic (exact) mass is 258 g/mol. The summed E-state index contributed by atoms with van der Waals surface area (Å²) in [6.45, 7) is 0. The summed E-state index contributed by atoms with van der Waals surface area (Å²) in [6, 6.07) is 17.5. The third kappa shape index (κ3) is 2.00.